The smallest absolute Gasteiger partial charge is 0.274 e. The molecule has 1 N–H and O–H groups in total. The molecule has 0 radical (unpaired) electrons. The van der Waals surface area contributed by atoms with Gasteiger partial charge < -0.3 is 5.32 Å². The molecule has 1 aliphatic carbocycles. The first kappa shape index (κ1) is 15.4. The van der Waals surface area contributed by atoms with Crippen LogP contribution in [0.4, 0.5) is 10.1 Å². The maximum atomic E-state index is 14.1. The fourth-order valence-corrected chi connectivity index (χ4v) is 2.57. The third kappa shape index (κ3) is 3.10. The maximum absolute atomic E-state index is 14.1. The minimum absolute atomic E-state index is 0.0584. The van der Waals surface area contributed by atoms with Gasteiger partial charge >= 0.3 is 0 Å². The summed E-state index contributed by atoms with van der Waals surface area (Å²) in [5, 5.41) is 14.3. The Morgan fingerprint density at radius 3 is 2.88 bits per heavy atom. The van der Waals surface area contributed by atoms with E-state index in [-0.39, 0.29) is 11.4 Å². The Kier molecular flexibility index (Phi) is 3.72. The first-order chi connectivity index (χ1) is 12.1. The second kappa shape index (κ2) is 6.04. The number of hydrogen-bond donors (Lipinski definition) is 1. The number of tetrazole rings is 1. The molecule has 0 bridgehead atoms. The number of anilines is 1. The van der Waals surface area contributed by atoms with Crippen molar-refractivity contribution in [1.82, 2.24) is 25.2 Å². The summed E-state index contributed by atoms with van der Waals surface area (Å²) in [5.74, 6) is 0.0866. The molecule has 126 valence electrons. The van der Waals surface area contributed by atoms with E-state index in [2.05, 4.69) is 25.8 Å². The van der Waals surface area contributed by atoms with E-state index in [1.807, 2.05) is 0 Å². The molecular formula is C17H15FN6O. The van der Waals surface area contributed by atoms with E-state index in [1.54, 1.807) is 35.9 Å². The summed E-state index contributed by atoms with van der Waals surface area (Å²) in [5.41, 5.74) is 1.60. The van der Waals surface area contributed by atoms with Crippen LogP contribution in [0, 0.1) is 12.7 Å². The number of rotatable bonds is 4. The van der Waals surface area contributed by atoms with Crippen molar-refractivity contribution in [3.63, 3.8) is 0 Å². The molecule has 0 atom stereocenters. The highest BCUT2D eigenvalue weighted by Crippen LogP contribution is 2.39. The number of aromatic nitrogens is 5. The normalized spacial score (nSPS) is 13.7. The Hall–Kier alpha value is -3.16. The van der Waals surface area contributed by atoms with Crippen LogP contribution in [0.2, 0.25) is 0 Å². The Bertz CT molecular complexity index is 950. The molecule has 0 spiro atoms. The molecule has 1 saturated carbocycles. The summed E-state index contributed by atoms with van der Waals surface area (Å²) in [6.45, 7) is 1.79. The van der Waals surface area contributed by atoms with E-state index in [4.69, 9.17) is 0 Å². The van der Waals surface area contributed by atoms with E-state index >= 15 is 0 Å². The molecule has 25 heavy (non-hydrogen) atoms. The molecule has 1 aliphatic rings. The molecule has 2 aromatic heterocycles. The molecule has 1 fully saturated rings. The molecule has 7 nitrogen and oxygen atoms in total. The third-order valence-electron chi connectivity index (χ3n) is 4.00. The van der Waals surface area contributed by atoms with Crippen molar-refractivity contribution in [2.75, 3.05) is 5.32 Å². The summed E-state index contributed by atoms with van der Waals surface area (Å²) in [4.78, 5) is 16.5. The number of nitrogens with zero attached hydrogens (tertiary/aromatic N) is 5. The summed E-state index contributed by atoms with van der Waals surface area (Å²) < 4.78 is 15.7. The number of carbonyl (C=O) groups is 1. The van der Waals surface area contributed by atoms with Crippen molar-refractivity contribution in [3.8, 4) is 5.69 Å². The second-order valence-corrected chi connectivity index (χ2v) is 6.01. The van der Waals surface area contributed by atoms with E-state index in [9.17, 15) is 9.18 Å². The number of nitrogens with one attached hydrogen (secondary N) is 1. The number of halogens is 1. The van der Waals surface area contributed by atoms with E-state index in [1.165, 1.54) is 12.1 Å². The lowest BCUT2D eigenvalue weighted by Crippen LogP contribution is -2.15. The summed E-state index contributed by atoms with van der Waals surface area (Å²) >= 11 is 0. The fourth-order valence-electron chi connectivity index (χ4n) is 2.57. The van der Waals surface area contributed by atoms with Crippen LogP contribution in [0.15, 0.2) is 36.4 Å². The van der Waals surface area contributed by atoms with Gasteiger partial charge in [0.25, 0.3) is 5.91 Å². The van der Waals surface area contributed by atoms with Gasteiger partial charge in [0.05, 0.1) is 11.4 Å². The van der Waals surface area contributed by atoms with Crippen LogP contribution in [0.25, 0.3) is 5.69 Å². The van der Waals surface area contributed by atoms with Crippen molar-refractivity contribution in [3.05, 3.63) is 59.4 Å². The zero-order chi connectivity index (χ0) is 17.4. The van der Waals surface area contributed by atoms with Gasteiger partial charge in [0.2, 0.25) is 0 Å². The van der Waals surface area contributed by atoms with E-state index < -0.39 is 11.7 Å². The standard InChI is InChI=1S/C17H15FN6O/c1-10-3-2-4-14(19-10)17(25)20-15-9-12(7-8-13(15)18)24-16(11-5-6-11)21-22-23-24/h2-4,7-9,11H,5-6H2,1H3,(H,20,25). The van der Waals surface area contributed by atoms with Crippen LogP contribution in [0.3, 0.4) is 0 Å². The van der Waals surface area contributed by atoms with E-state index in [0.29, 0.717) is 17.3 Å². The van der Waals surface area contributed by atoms with Crippen LogP contribution in [-0.4, -0.2) is 31.1 Å². The Balaban J connectivity index is 1.64. The van der Waals surface area contributed by atoms with Gasteiger partial charge in [-0.2, -0.15) is 4.68 Å². The van der Waals surface area contributed by atoms with Crippen molar-refractivity contribution < 1.29 is 9.18 Å². The SMILES string of the molecule is Cc1cccc(C(=O)Nc2cc(-n3nnnc3C3CC3)ccc2F)n1. The van der Waals surface area contributed by atoms with Crippen molar-refractivity contribution in [2.45, 2.75) is 25.7 Å². The largest absolute Gasteiger partial charge is 0.318 e. The molecule has 0 unspecified atom stereocenters. The van der Waals surface area contributed by atoms with Crippen molar-refractivity contribution in [2.24, 2.45) is 0 Å². The molecular weight excluding hydrogens is 323 g/mol. The first-order valence-electron chi connectivity index (χ1n) is 7.95. The minimum Gasteiger partial charge on any atom is -0.318 e. The van der Waals surface area contributed by atoms with Gasteiger partial charge in [0.15, 0.2) is 5.82 Å². The van der Waals surface area contributed by atoms with Gasteiger partial charge in [-0.15, -0.1) is 5.10 Å². The highest BCUT2D eigenvalue weighted by molar-refractivity contribution is 6.03. The average molecular weight is 338 g/mol. The molecule has 2 heterocycles. The van der Waals surface area contributed by atoms with Crippen LogP contribution >= 0.6 is 0 Å². The topological polar surface area (TPSA) is 85.6 Å². The third-order valence-corrected chi connectivity index (χ3v) is 4.00. The van der Waals surface area contributed by atoms with Crippen LogP contribution in [-0.2, 0) is 0 Å². The number of carbonyl (C=O) groups excluding carboxylic acids is 1. The summed E-state index contributed by atoms with van der Waals surface area (Å²) in [6, 6.07) is 9.48. The van der Waals surface area contributed by atoms with Gasteiger partial charge in [0, 0.05) is 11.6 Å². The predicted molar refractivity (Wildman–Crippen MR) is 88.0 cm³/mol. The number of benzene rings is 1. The molecule has 4 rings (SSSR count). The zero-order valence-electron chi connectivity index (χ0n) is 13.5. The average Bonchev–Trinajstić information content (AvgIpc) is 3.34. The molecule has 0 aliphatic heterocycles. The van der Waals surface area contributed by atoms with E-state index in [0.717, 1.165) is 18.7 Å². The number of hydrogen-bond acceptors (Lipinski definition) is 5. The first-order valence-corrected chi connectivity index (χ1v) is 7.95. The number of aryl methyl sites for hydroxylation is 1. The lowest BCUT2D eigenvalue weighted by molar-refractivity contribution is 0.102. The quantitative estimate of drug-likeness (QED) is 0.790. The lowest BCUT2D eigenvalue weighted by Gasteiger charge is -2.09. The summed E-state index contributed by atoms with van der Waals surface area (Å²) in [7, 11) is 0. The fraction of sp³-hybridized carbons (Fsp3) is 0.235. The Morgan fingerprint density at radius 1 is 1.28 bits per heavy atom. The number of amides is 1. The van der Waals surface area contributed by atoms with Crippen molar-refractivity contribution in [1.29, 1.82) is 0 Å². The van der Waals surface area contributed by atoms with Crippen LogP contribution in [0.1, 0.15) is 40.8 Å². The van der Waals surface area contributed by atoms with Gasteiger partial charge in [0.1, 0.15) is 11.5 Å². The molecule has 1 amide bonds. The van der Waals surface area contributed by atoms with Gasteiger partial charge in [-0.25, -0.2) is 9.37 Å². The van der Waals surface area contributed by atoms with Crippen LogP contribution < -0.4 is 5.32 Å². The Labute approximate surface area is 142 Å². The van der Waals surface area contributed by atoms with Gasteiger partial charge in [-0.1, -0.05) is 6.07 Å². The van der Waals surface area contributed by atoms with Crippen molar-refractivity contribution >= 4 is 11.6 Å². The summed E-state index contributed by atoms with van der Waals surface area (Å²) in [6.07, 6.45) is 2.09. The molecule has 3 aromatic rings. The minimum atomic E-state index is -0.536. The second-order valence-electron chi connectivity index (χ2n) is 6.01. The zero-order valence-corrected chi connectivity index (χ0v) is 13.5. The number of pyridine rings is 1. The highest BCUT2D eigenvalue weighted by Gasteiger charge is 2.30. The predicted octanol–water partition coefficient (Wildman–Crippen LogP) is 2.63. The molecule has 1 aromatic carbocycles. The highest BCUT2D eigenvalue weighted by atomic mass is 19.1. The van der Waals surface area contributed by atoms with Crippen LogP contribution in [0.5, 0.6) is 0 Å². The van der Waals surface area contributed by atoms with Gasteiger partial charge in [-0.05, 0) is 60.5 Å². The molecule has 0 saturated heterocycles. The van der Waals surface area contributed by atoms with Gasteiger partial charge in [-0.3, -0.25) is 4.79 Å². The lowest BCUT2D eigenvalue weighted by atomic mass is 10.2. The maximum Gasteiger partial charge on any atom is 0.274 e. The molecule has 8 heteroatoms. The monoisotopic (exact) mass is 338 g/mol. The Morgan fingerprint density at radius 2 is 2.12 bits per heavy atom.